The topological polar surface area (TPSA) is 93.0 Å². The van der Waals surface area contributed by atoms with Crippen molar-refractivity contribution in [2.24, 2.45) is 5.73 Å². The molecule has 0 aliphatic carbocycles. The number of anilines is 1. The van der Waals surface area contributed by atoms with Gasteiger partial charge >= 0.3 is 0 Å². The molecule has 2 aliphatic heterocycles. The third kappa shape index (κ3) is 2.95. The Morgan fingerprint density at radius 2 is 1.84 bits per heavy atom. The minimum Gasteiger partial charge on any atom is -0.481 e. The summed E-state index contributed by atoms with van der Waals surface area (Å²) in [7, 11) is 1.60. The van der Waals surface area contributed by atoms with Gasteiger partial charge in [-0.05, 0) is 31.7 Å². The number of benzene rings is 1. The van der Waals surface area contributed by atoms with Crippen LogP contribution in [-0.4, -0.2) is 45.2 Å². The molecule has 0 spiro atoms. The average Bonchev–Trinajstić information content (AvgIpc) is 3.32. The summed E-state index contributed by atoms with van der Waals surface area (Å²) in [6.45, 7) is 0. The quantitative estimate of drug-likeness (QED) is 0.499. The maximum absolute atomic E-state index is 6.78. The van der Waals surface area contributed by atoms with Crippen molar-refractivity contribution in [2.45, 2.75) is 43.8 Å². The third-order valence-corrected chi connectivity index (χ3v) is 7.06. The van der Waals surface area contributed by atoms with Crippen LogP contribution < -0.4 is 15.4 Å². The van der Waals surface area contributed by atoms with Gasteiger partial charge in [-0.2, -0.15) is 0 Å². The molecule has 5 heterocycles. The Morgan fingerprint density at radius 1 is 1.06 bits per heavy atom. The van der Waals surface area contributed by atoms with Crippen LogP contribution >= 0.6 is 11.6 Å². The molecular weight excluding hydrogens is 412 g/mol. The molecule has 158 valence electrons. The van der Waals surface area contributed by atoms with Crippen LogP contribution in [0, 0.1) is 0 Å². The third-order valence-electron chi connectivity index (χ3n) is 6.68. The minimum absolute atomic E-state index is 0.296. The lowest BCUT2D eigenvalue weighted by Gasteiger charge is -2.38. The van der Waals surface area contributed by atoms with E-state index >= 15 is 0 Å². The summed E-state index contributed by atoms with van der Waals surface area (Å²) in [6, 6.07) is 9.03. The lowest BCUT2D eigenvalue weighted by Crippen LogP contribution is -2.47. The van der Waals surface area contributed by atoms with Crippen LogP contribution in [0.2, 0.25) is 5.02 Å². The van der Waals surface area contributed by atoms with Crippen molar-refractivity contribution in [3.8, 4) is 17.0 Å². The van der Waals surface area contributed by atoms with E-state index in [2.05, 4.69) is 14.9 Å². The number of rotatable bonds is 3. The normalized spacial score (nSPS) is 23.1. The maximum atomic E-state index is 6.78. The fourth-order valence-corrected chi connectivity index (χ4v) is 5.58. The number of aromatic nitrogens is 4. The maximum Gasteiger partial charge on any atom is 0.213 e. The molecule has 2 saturated heterocycles. The molecule has 3 atom stereocenters. The number of ether oxygens (including phenoxy) is 1. The Bertz CT molecular complexity index is 1290. The Labute approximate surface area is 184 Å². The van der Waals surface area contributed by atoms with E-state index in [1.807, 2.05) is 36.7 Å². The smallest absolute Gasteiger partial charge is 0.213 e. The van der Waals surface area contributed by atoms with Gasteiger partial charge in [0.05, 0.1) is 23.8 Å². The molecule has 1 aromatic carbocycles. The van der Waals surface area contributed by atoms with Gasteiger partial charge in [0.25, 0.3) is 0 Å². The van der Waals surface area contributed by atoms with Crippen LogP contribution in [0.4, 0.5) is 5.82 Å². The van der Waals surface area contributed by atoms with E-state index in [0.29, 0.717) is 34.5 Å². The van der Waals surface area contributed by atoms with Crippen molar-refractivity contribution in [3.05, 3.63) is 41.7 Å². The molecule has 6 rings (SSSR count). The first-order chi connectivity index (χ1) is 15.1. The molecule has 7 nitrogen and oxygen atoms in total. The minimum atomic E-state index is 0.296. The van der Waals surface area contributed by atoms with Gasteiger partial charge in [0.1, 0.15) is 11.3 Å². The highest BCUT2D eigenvalue weighted by atomic mass is 35.5. The van der Waals surface area contributed by atoms with E-state index < -0.39 is 0 Å². The standard InChI is InChI=1S/C23H23ClN6O/c1-31-19-7-3-12-2-6-16(20(24)21(12)29-19)17-10-27-23-22(17)26-11-18(28-23)30-14-4-5-15(30)9-13(25)8-14/h2-3,6-7,10-11,13-15H,4-5,8-9,25H2,1H3,(H,27,28)/t13-,14+,15-. The highest BCUT2D eigenvalue weighted by molar-refractivity contribution is 6.38. The van der Waals surface area contributed by atoms with Crippen molar-refractivity contribution < 1.29 is 4.74 Å². The van der Waals surface area contributed by atoms with E-state index in [4.69, 9.17) is 32.0 Å². The second kappa shape index (κ2) is 7.07. The number of H-pyrrole nitrogens is 1. The largest absolute Gasteiger partial charge is 0.481 e. The number of methoxy groups -OCH3 is 1. The number of piperidine rings is 1. The Kier molecular flexibility index (Phi) is 4.30. The average molecular weight is 435 g/mol. The number of hydrogen-bond acceptors (Lipinski definition) is 6. The highest BCUT2D eigenvalue weighted by Crippen LogP contribution is 2.40. The van der Waals surface area contributed by atoms with E-state index in [0.717, 1.165) is 46.3 Å². The lowest BCUT2D eigenvalue weighted by atomic mass is 9.98. The van der Waals surface area contributed by atoms with Crippen LogP contribution in [0.25, 0.3) is 33.2 Å². The van der Waals surface area contributed by atoms with Gasteiger partial charge in [-0.15, -0.1) is 0 Å². The molecule has 8 heteroatoms. The van der Waals surface area contributed by atoms with Crippen molar-refractivity contribution in [2.75, 3.05) is 12.0 Å². The second-order valence-electron chi connectivity index (χ2n) is 8.50. The molecule has 2 fully saturated rings. The fourth-order valence-electron chi connectivity index (χ4n) is 5.27. The zero-order valence-corrected chi connectivity index (χ0v) is 17.9. The molecule has 0 saturated carbocycles. The number of nitrogens with zero attached hydrogens (tertiary/aromatic N) is 4. The molecule has 3 N–H and O–H groups in total. The van der Waals surface area contributed by atoms with Crippen LogP contribution in [0.5, 0.6) is 5.88 Å². The summed E-state index contributed by atoms with van der Waals surface area (Å²) in [5.74, 6) is 1.46. The molecule has 0 unspecified atom stereocenters. The zero-order valence-electron chi connectivity index (χ0n) is 17.2. The van der Waals surface area contributed by atoms with Gasteiger partial charge in [0.2, 0.25) is 5.88 Å². The van der Waals surface area contributed by atoms with Crippen LogP contribution in [0.1, 0.15) is 25.7 Å². The van der Waals surface area contributed by atoms with E-state index in [1.54, 1.807) is 7.11 Å². The summed E-state index contributed by atoms with van der Waals surface area (Å²) >= 11 is 6.78. The predicted molar refractivity (Wildman–Crippen MR) is 123 cm³/mol. The summed E-state index contributed by atoms with van der Waals surface area (Å²) in [5.41, 5.74) is 10.3. The van der Waals surface area contributed by atoms with Gasteiger partial charge in [-0.3, -0.25) is 0 Å². The Hall–Kier alpha value is -2.90. The van der Waals surface area contributed by atoms with E-state index in [1.165, 1.54) is 12.8 Å². The summed E-state index contributed by atoms with van der Waals surface area (Å²) < 4.78 is 5.27. The van der Waals surface area contributed by atoms with Gasteiger partial charge in [0, 0.05) is 46.9 Å². The van der Waals surface area contributed by atoms with Crippen LogP contribution in [0.15, 0.2) is 36.7 Å². The number of nitrogens with two attached hydrogens (primary N) is 1. The Balaban J connectivity index is 1.42. The number of fused-ring (bicyclic) bond motifs is 4. The molecule has 0 amide bonds. The lowest BCUT2D eigenvalue weighted by molar-refractivity contribution is 0.399. The number of hydrogen-bond donors (Lipinski definition) is 2. The second-order valence-corrected chi connectivity index (χ2v) is 8.88. The fraction of sp³-hybridized carbons (Fsp3) is 0.348. The van der Waals surface area contributed by atoms with Crippen molar-refractivity contribution >= 4 is 39.5 Å². The summed E-state index contributed by atoms with van der Waals surface area (Å²) in [4.78, 5) is 20.0. The van der Waals surface area contributed by atoms with E-state index in [-0.39, 0.29) is 0 Å². The zero-order chi connectivity index (χ0) is 21.1. The number of halogens is 1. The predicted octanol–water partition coefficient (Wildman–Crippen LogP) is 4.29. The van der Waals surface area contributed by atoms with Crippen LogP contribution in [-0.2, 0) is 0 Å². The molecule has 4 aromatic rings. The molecular formula is C23H23ClN6O. The SMILES string of the molecule is COc1ccc2ccc(-c3c[nH]c4nc(N5[C@@H]6CC[C@H]5C[C@@H](N)C6)cnc34)c(Cl)c2n1. The number of pyridine rings is 1. The van der Waals surface area contributed by atoms with Crippen molar-refractivity contribution in [1.82, 2.24) is 19.9 Å². The summed E-state index contributed by atoms with van der Waals surface area (Å²) in [5, 5.41) is 1.53. The molecule has 3 aromatic heterocycles. The van der Waals surface area contributed by atoms with Gasteiger partial charge in [0.15, 0.2) is 5.65 Å². The first-order valence-electron chi connectivity index (χ1n) is 10.6. The monoisotopic (exact) mass is 434 g/mol. The molecule has 31 heavy (non-hydrogen) atoms. The summed E-state index contributed by atoms with van der Waals surface area (Å²) in [6.07, 6.45) is 8.21. The van der Waals surface area contributed by atoms with Gasteiger partial charge in [-0.1, -0.05) is 23.7 Å². The molecule has 0 radical (unpaired) electrons. The van der Waals surface area contributed by atoms with Crippen molar-refractivity contribution in [1.29, 1.82) is 0 Å². The van der Waals surface area contributed by atoms with E-state index in [9.17, 15) is 0 Å². The molecule has 2 aliphatic rings. The first-order valence-corrected chi connectivity index (χ1v) is 11.0. The number of aromatic amines is 1. The van der Waals surface area contributed by atoms with Crippen LogP contribution in [0.3, 0.4) is 0 Å². The first kappa shape index (κ1) is 18.8. The Morgan fingerprint density at radius 3 is 2.61 bits per heavy atom. The number of nitrogens with one attached hydrogen (secondary N) is 1. The molecule has 2 bridgehead atoms. The van der Waals surface area contributed by atoms with Crippen molar-refractivity contribution in [3.63, 3.8) is 0 Å². The highest BCUT2D eigenvalue weighted by Gasteiger charge is 2.40. The van der Waals surface area contributed by atoms with Gasteiger partial charge in [-0.25, -0.2) is 15.0 Å². The van der Waals surface area contributed by atoms with Gasteiger partial charge < -0.3 is 20.4 Å².